The Morgan fingerprint density at radius 3 is 2.52 bits per heavy atom. The average molecular weight is 320 g/mol. The van der Waals surface area contributed by atoms with Gasteiger partial charge in [0.1, 0.15) is 5.76 Å². The summed E-state index contributed by atoms with van der Waals surface area (Å²) >= 11 is 12.4. The summed E-state index contributed by atoms with van der Waals surface area (Å²) < 4.78 is 5.93. The molecule has 1 heterocycles. The highest BCUT2D eigenvalue weighted by Gasteiger charge is 2.17. The third-order valence-corrected chi connectivity index (χ3v) is 4.26. The normalized spacial score (nSPS) is 12.7. The van der Waals surface area contributed by atoms with Gasteiger partial charge in [0.05, 0.1) is 11.1 Å². The van der Waals surface area contributed by atoms with Gasteiger partial charge in [-0.3, -0.25) is 0 Å². The lowest BCUT2D eigenvalue weighted by molar-refractivity contribution is 0.451. The number of para-hydroxylation sites is 1. The molecule has 0 spiro atoms. The van der Waals surface area contributed by atoms with Crippen LogP contribution in [-0.4, -0.2) is 7.05 Å². The Kier molecular flexibility index (Phi) is 4.20. The van der Waals surface area contributed by atoms with Gasteiger partial charge in [0.2, 0.25) is 0 Å². The maximum absolute atomic E-state index is 6.24. The second-order valence-corrected chi connectivity index (χ2v) is 5.76. The fourth-order valence-electron chi connectivity index (χ4n) is 2.45. The number of hydrogen-bond acceptors (Lipinski definition) is 2. The largest absolute Gasteiger partial charge is 0.458 e. The maximum atomic E-state index is 6.24. The third kappa shape index (κ3) is 2.93. The lowest BCUT2D eigenvalue weighted by atomic mass is 10.0. The monoisotopic (exact) mass is 319 g/mol. The Morgan fingerprint density at radius 1 is 1.05 bits per heavy atom. The van der Waals surface area contributed by atoms with Crippen molar-refractivity contribution in [1.29, 1.82) is 0 Å². The van der Waals surface area contributed by atoms with Crippen LogP contribution in [0.2, 0.25) is 10.0 Å². The highest BCUT2D eigenvalue weighted by Crippen LogP contribution is 2.31. The minimum atomic E-state index is 0.0494. The smallest absolute Gasteiger partial charge is 0.152 e. The standard InChI is InChI=1S/C17H15Cl2NO/c1-20-15(9-11-5-2-3-7-13(11)18)16-10-12-6-4-8-14(19)17(12)21-16/h2-8,10,15,20H,9H2,1H3. The molecule has 0 aliphatic heterocycles. The SMILES string of the molecule is CNC(Cc1ccccc1Cl)c1cc2cccc(Cl)c2o1. The van der Waals surface area contributed by atoms with Crippen LogP contribution in [0.1, 0.15) is 17.4 Å². The first-order chi connectivity index (χ1) is 10.2. The summed E-state index contributed by atoms with van der Waals surface area (Å²) in [5.74, 6) is 0.862. The summed E-state index contributed by atoms with van der Waals surface area (Å²) in [7, 11) is 1.91. The lowest BCUT2D eigenvalue weighted by Crippen LogP contribution is -2.18. The van der Waals surface area contributed by atoms with Crippen molar-refractivity contribution < 1.29 is 4.42 Å². The van der Waals surface area contributed by atoms with Crippen LogP contribution in [0, 0.1) is 0 Å². The van der Waals surface area contributed by atoms with Crippen molar-refractivity contribution in [3.63, 3.8) is 0 Å². The van der Waals surface area contributed by atoms with Crippen molar-refractivity contribution in [3.05, 3.63) is 69.9 Å². The molecule has 0 aliphatic rings. The van der Waals surface area contributed by atoms with E-state index in [2.05, 4.69) is 5.32 Å². The van der Waals surface area contributed by atoms with Gasteiger partial charge in [-0.2, -0.15) is 0 Å². The number of benzene rings is 2. The summed E-state index contributed by atoms with van der Waals surface area (Å²) in [6.45, 7) is 0. The molecule has 0 saturated carbocycles. The molecular weight excluding hydrogens is 305 g/mol. The molecule has 0 radical (unpaired) electrons. The van der Waals surface area contributed by atoms with E-state index in [0.717, 1.165) is 33.7 Å². The number of furan rings is 1. The third-order valence-electron chi connectivity index (χ3n) is 3.59. The molecule has 21 heavy (non-hydrogen) atoms. The minimum absolute atomic E-state index is 0.0494. The Morgan fingerprint density at radius 2 is 1.81 bits per heavy atom. The van der Waals surface area contributed by atoms with Gasteiger partial charge in [-0.1, -0.05) is 53.5 Å². The first-order valence-corrected chi connectivity index (χ1v) is 7.53. The van der Waals surface area contributed by atoms with Gasteiger partial charge < -0.3 is 9.73 Å². The van der Waals surface area contributed by atoms with E-state index in [1.165, 1.54) is 0 Å². The van der Waals surface area contributed by atoms with Crippen molar-refractivity contribution in [1.82, 2.24) is 5.32 Å². The molecule has 4 heteroatoms. The molecule has 2 aromatic carbocycles. The summed E-state index contributed by atoms with van der Waals surface area (Å²) in [5.41, 5.74) is 1.82. The van der Waals surface area contributed by atoms with E-state index in [-0.39, 0.29) is 6.04 Å². The minimum Gasteiger partial charge on any atom is -0.458 e. The average Bonchev–Trinajstić information content (AvgIpc) is 2.92. The van der Waals surface area contributed by atoms with Gasteiger partial charge >= 0.3 is 0 Å². The zero-order valence-electron chi connectivity index (χ0n) is 11.6. The van der Waals surface area contributed by atoms with Gasteiger partial charge in [-0.25, -0.2) is 0 Å². The van der Waals surface area contributed by atoms with Gasteiger partial charge in [-0.05, 0) is 37.2 Å². The van der Waals surface area contributed by atoms with Crippen LogP contribution in [0.3, 0.4) is 0 Å². The molecule has 108 valence electrons. The Hall–Kier alpha value is -1.48. The highest BCUT2D eigenvalue weighted by molar-refractivity contribution is 6.34. The first-order valence-electron chi connectivity index (χ1n) is 6.77. The summed E-state index contributed by atoms with van der Waals surface area (Å²) in [6.07, 6.45) is 0.758. The molecular formula is C17H15Cl2NO. The second-order valence-electron chi connectivity index (χ2n) is 4.94. The number of fused-ring (bicyclic) bond motifs is 1. The number of likely N-dealkylation sites (N-methyl/N-ethyl adjacent to an activating group) is 1. The lowest BCUT2D eigenvalue weighted by Gasteiger charge is -2.14. The molecule has 1 unspecified atom stereocenters. The fraction of sp³-hybridized carbons (Fsp3) is 0.176. The topological polar surface area (TPSA) is 25.2 Å². The van der Waals surface area contributed by atoms with Crippen molar-refractivity contribution in [2.75, 3.05) is 7.05 Å². The highest BCUT2D eigenvalue weighted by atomic mass is 35.5. The van der Waals surface area contributed by atoms with Gasteiger partial charge in [0, 0.05) is 10.4 Å². The van der Waals surface area contributed by atoms with E-state index < -0.39 is 0 Å². The zero-order valence-corrected chi connectivity index (χ0v) is 13.1. The quantitative estimate of drug-likeness (QED) is 0.711. The maximum Gasteiger partial charge on any atom is 0.152 e. The van der Waals surface area contributed by atoms with Crippen molar-refractivity contribution >= 4 is 34.2 Å². The molecule has 1 atom stereocenters. The van der Waals surface area contributed by atoms with Crippen LogP contribution in [0.15, 0.2) is 52.9 Å². The fourth-order valence-corrected chi connectivity index (χ4v) is 2.88. The molecule has 3 aromatic rings. The second kappa shape index (κ2) is 6.10. The summed E-state index contributed by atoms with van der Waals surface area (Å²) in [4.78, 5) is 0. The Labute approximate surface area is 133 Å². The molecule has 0 amide bonds. The van der Waals surface area contributed by atoms with Crippen LogP contribution in [0.25, 0.3) is 11.0 Å². The molecule has 2 nitrogen and oxygen atoms in total. The molecule has 3 rings (SSSR count). The van der Waals surface area contributed by atoms with Crippen LogP contribution in [-0.2, 0) is 6.42 Å². The van der Waals surface area contributed by atoms with Crippen molar-refractivity contribution in [2.45, 2.75) is 12.5 Å². The predicted octanol–water partition coefficient (Wildman–Crippen LogP) is 5.24. The van der Waals surface area contributed by atoms with E-state index in [4.69, 9.17) is 27.6 Å². The molecule has 1 aromatic heterocycles. The number of hydrogen-bond donors (Lipinski definition) is 1. The van der Waals surface area contributed by atoms with Gasteiger partial charge in [0.15, 0.2) is 5.58 Å². The van der Waals surface area contributed by atoms with E-state index in [9.17, 15) is 0 Å². The Balaban J connectivity index is 1.95. The molecule has 1 N–H and O–H groups in total. The molecule has 0 fully saturated rings. The number of nitrogens with one attached hydrogen (secondary N) is 1. The molecule has 0 saturated heterocycles. The van der Waals surface area contributed by atoms with Crippen LogP contribution in [0.4, 0.5) is 0 Å². The summed E-state index contributed by atoms with van der Waals surface area (Å²) in [5, 5.41) is 5.69. The molecule has 0 bridgehead atoms. The number of halogens is 2. The van der Waals surface area contributed by atoms with E-state index in [1.807, 2.05) is 55.6 Å². The van der Waals surface area contributed by atoms with Crippen LogP contribution in [0.5, 0.6) is 0 Å². The van der Waals surface area contributed by atoms with Gasteiger partial charge in [0.25, 0.3) is 0 Å². The first kappa shape index (κ1) is 14.5. The predicted molar refractivity (Wildman–Crippen MR) is 88.2 cm³/mol. The van der Waals surface area contributed by atoms with Crippen LogP contribution < -0.4 is 5.32 Å². The number of rotatable bonds is 4. The van der Waals surface area contributed by atoms with Crippen molar-refractivity contribution in [3.8, 4) is 0 Å². The zero-order chi connectivity index (χ0) is 14.8. The van der Waals surface area contributed by atoms with E-state index in [1.54, 1.807) is 0 Å². The molecule has 0 aliphatic carbocycles. The summed E-state index contributed by atoms with van der Waals surface area (Å²) in [6, 6.07) is 15.7. The van der Waals surface area contributed by atoms with Gasteiger partial charge in [-0.15, -0.1) is 0 Å². The van der Waals surface area contributed by atoms with E-state index >= 15 is 0 Å². The Bertz CT molecular complexity index is 766. The van der Waals surface area contributed by atoms with Crippen LogP contribution >= 0.6 is 23.2 Å². The van der Waals surface area contributed by atoms with Crippen molar-refractivity contribution in [2.24, 2.45) is 0 Å². The van der Waals surface area contributed by atoms with E-state index in [0.29, 0.717) is 5.02 Å².